The molecule has 0 saturated carbocycles. The highest BCUT2D eigenvalue weighted by Gasteiger charge is 2.11. The number of anilines is 4. The summed E-state index contributed by atoms with van der Waals surface area (Å²) in [5.74, 6) is -0.607. The van der Waals surface area contributed by atoms with Crippen molar-refractivity contribution in [3.63, 3.8) is 0 Å². The fraction of sp³-hybridized carbons (Fsp3) is 0. The Morgan fingerprint density at radius 3 is 1.27 bits per heavy atom. The predicted molar refractivity (Wildman–Crippen MR) is 104 cm³/mol. The van der Waals surface area contributed by atoms with Crippen molar-refractivity contribution in [1.29, 1.82) is 0 Å². The van der Waals surface area contributed by atoms with Crippen LogP contribution in [0.25, 0.3) is 0 Å². The molecule has 0 aliphatic carbocycles. The van der Waals surface area contributed by atoms with Gasteiger partial charge in [-0.2, -0.15) is 0 Å². The molecule has 2 amide bonds. The van der Waals surface area contributed by atoms with Gasteiger partial charge in [-0.05, 0) is 48.5 Å². The second-order valence-corrected chi connectivity index (χ2v) is 5.66. The third-order valence-electron chi connectivity index (χ3n) is 3.83. The molecule has 26 heavy (non-hydrogen) atoms. The van der Waals surface area contributed by atoms with Gasteiger partial charge in [-0.15, -0.1) is 0 Å². The summed E-state index contributed by atoms with van der Waals surface area (Å²) in [6.07, 6.45) is 0. The van der Waals surface area contributed by atoms with Gasteiger partial charge in [-0.3, -0.25) is 9.59 Å². The van der Waals surface area contributed by atoms with Gasteiger partial charge in [0, 0.05) is 11.1 Å². The Morgan fingerprint density at radius 2 is 0.923 bits per heavy atom. The highest BCUT2D eigenvalue weighted by molar-refractivity contribution is 6.08. The Balaban J connectivity index is 1.70. The lowest BCUT2D eigenvalue weighted by Gasteiger charge is -2.09. The summed E-state index contributed by atoms with van der Waals surface area (Å²) >= 11 is 0. The Hall–Kier alpha value is -3.80. The van der Waals surface area contributed by atoms with E-state index in [1.165, 1.54) is 0 Å². The molecule has 0 heterocycles. The van der Waals surface area contributed by atoms with Crippen LogP contribution in [0.3, 0.4) is 0 Å². The summed E-state index contributed by atoms with van der Waals surface area (Å²) in [4.78, 5) is 24.6. The molecule has 0 radical (unpaired) electrons. The number of hydrogen-bond donors (Lipinski definition) is 4. The molecule has 0 aromatic heterocycles. The molecule has 0 fully saturated rings. The second kappa shape index (κ2) is 7.40. The number of amides is 2. The molecule has 0 aliphatic heterocycles. The summed E-state index contributed by atoms with van der Waals surface area (Å²) in [5, 5.41) is 5.48. The number of carbonyl (C=O) groups is 2. The van der Waals surface area contributed by atoms with Gasteiger partial charge in [0.25, 0.3) is 11.8 Å². The van der Waals surface area contributed by atoms with Gasteiger partial charge in [0.1, 0.15) is 0 Å². The highest BCUT2D eigenvalue weighted by atomic mass is 16.2. The van der Waals surface area contributed by atoms with Gasteiger partial charge in [-0.25, -0.2) is 0 Å². The van der Waals surface area contributed by atoms with Crippen molar-refractivity contribution in [2.75, 3.05) is 22.1 Å². The molecule has 6 heteroatoms. The van der Waals surface area contributed by atoms with Crippen molar-refractivity contribution in [2.24, 2.45) is 0 Å². The summed E-state index contributed by atoms with van der Waals surface area (Å²) in [7, 11) is 0. The largest absolute Gasteiger partial charge is 0.397 e. The zero-order valence-corrected chi connectivity index (χ0v) is 13.9. The van der Waals surface area contributed by atoms with Crippen molar-refractivity contribution in [2.45, 2.75) is 0 Å². The number of nitrogens with two attached hydrogens (primary N) is 2. The van der Waals surface area contributed by atoms with E-state index in [-0.39, 0.29) is 11.8 Å². The lowest BCUT2D eigenvalue weighted by Crippen LogP contribution is -2.15. The topological polar surface area (TPSA) is 110 Å². The summed E-state index contributed by atoms with van der Waals surface area (Å²) in [6.45, 7) is 0. The Labute approximate surface area is 150 Å². The summed E-state index contributed by atoms with van der Waals surface area (Å²) < 4.78 is 0. The van der Waals surface area contributed by atoms with Gasteiger partial charge in [-0.1, -0.05) is 24.3 Å². The van der Waals surface area contributed by atoms with Gasteiger partial charge < -0.3 is 22.1 Å². The molecule has 0 saturated heterocycles. The van der Waals surface area contributed by atoms with Gasteiger partial charge in [0.05, 0.1) is 22.7 Å². The van der Waals surface area contributed by atoms with E-state index < -0.39 is 0 Å². The van der Waals surface area contributed by atoms with Crippen LogP contribution < -0.4 is 22.1 Å². The fourth-order valence-electron chi connectivity index (χ4n) is 2.38. The number of benzene rings is 3. The van der Waals surface area contributed by atoms with Crippen LogP contribution in [-0.2, 0) is 0 Å². The summed E-state index contributed by atoms with van der Waals surface area (Å²) in [6, 6.07) is 20.3. The molecule has 0 atom stereocenters. The first-order valence-corrected chi connectivity index (χ1v) is 7.96. The number of nitrogens with one attached hydrogen (secondary N) is 2. The van der Waals surface area contributed by atoms with Crippen molar-refractivity contribution in [1.82, 2.24) is 0 Å². The first kappa shape index (κ1) is 17.0. The van der Waals surface area contributed by atoms with Crippen molar-refractivity contribution >= 4 is 34.6 Å². The van der Waals surface area contributed by atoms with Crippen LogP contribution in [0.2, 0.25) is 0 Å². The van der Waals surface area contributed by atoms with E-state index in [0.717, 1.165) is 0 Å². The highest BCUT2D eigenvalue weighted by Crippen LogP contribution is 2.19. The molecule has 3 rings (SSSR count). The van der Waals surface area contributed by atoms with Gasteiger partial charge in [0.15, 0.2) is 0 Å². The molecule has 3 aromatic carbocycles. The molecule has 6 N–H and O–H groups in total. The standard InChI is InChI=1S/C20H18N4O2/c21-15-5-1-3-7-17(15)23-19(25)13-9-11-14(12-10-13)20(26)24-18-8-4-2-6-16(18)22/h1-12H,21-22H2,(H,23,25)(H,24,26). The minimum Gasteiger partial charge on any atom is -0.397 e. The SMILES string of the molecule is Nc1ccccc1NC(=O)c1ccc(C(=O)Nc2ccccc2N)cc1. The molecule has 0 spiro atoms. The van der Waals surface area contributed by atoms with Crippen LogP contribution >= 0.6 is 0 Å². The molecular formula is C20H18N4O2. The van der Waals surface area contributed by atoms with Crippen LogP contribution in [0.5, 0.6) is 0 Å². The number of para-hydroxylation sites is 4. The fourth-order valence-corrected chi connectivity index (χ4v) is 2.38. The van der Waals surface area contributed by atoms with Crippen molar-refractivity contribution < 1.29 is 9.59 Å². The van der Waals surface area contributed by atoms with Crippen LogP contribution in [0, 0.1) is 0 Å². The van der Waals surface area contributed by atoms with E-state index in [1.54, 1.807) is 72.8 Å². The monoisotopic (exact) mass is 346 g/mol. The van der Waals surface area contributed by atoms with E-state index in [4.69, 9.17) is 11.5 Å². The van der Waals surface area contributed by atoms with E-state index in [0.29, 0.717) is 33.9 Å². The third kappa shape index (κ3) is 3.81. The molecule has 130 valence electrons. The Morgan fingerprint density at radius 1 is 0.577 bits per heavy atom. The lowest BCUT2D eigenvalue weighted by atomic mass is 10.1. The first-order valence-electron chi connectivity index (χ1n) is 7.96. The van der Waals surface area contributed by atoms with Crippen LogP contribution in [0.1, 0.15) is 20.7 Å². The second-order valence-electron chi connectivity index (χ2n) is 5.66. The molecular weight excluding hydrogens is 328 g/mol. The maximum Gasteiger partial charge on any atom is 0.255 e. The minimum atomic E-state index is -0.304. The minimum absolute atomic E-state index is 0.304. The normalized spacial score (nSPS) is 10.2. The van der Waals surface area contributed by atoms with Crippen LogP contribution in [0.4, 0.5) is 22.7 Å². The zero-order chi connectivity index (χ0) is 18.5. The Bertz CT molecular complexity index is 874. The molecule has 3 aromatic rings. The number of hydrogen-bond acceptors (Lipinski definition) is 4. The van der Waals surface area contributed by atoms with Crippen molar-refractivity contribution in [3.05, 3.63) is 83.9 Å². The van der Waals surface area contributed by atoms with Gasteiger partial charge in [0.2, 0.25) is 0 Å². The molecule has 6 nitrogen and oxygen atoms in total. The summed E-state index contributed by atoms with van der Waals surface area (Å²) in [5.41, 5.74) is 14.5. The number of rotatable bonds is 4. The van der Waals surface area contributed by atoms with Crippen LogP contribution in [-0.4, -0.2) is 11.8 Å². The number of nitrogen functional groups attached to an aromatic ring is 2. The zero-order valence-electron chi connectivity index (χ0n) is 13.9. The van der Waals surface area contributed by atoms with Gasteiger partial charge >= 0.3 is 0 Å². The number of carbonyl (C=O) groups excluding carboxylic acids is 2. The van der Waals surface area contributed by atoms with Crippen LogP contribution in [0.15, 0.2) is 72.8 Å². The van der Waals surface area contributed by atoms with E-state index in [2.05, 4.69) is 10.6 Å². The maximum absolute atomic E-state index is 12.3. The molecule has 0 aliphatic rings. The predicted octanol–water partition coefficient (Wildman–Crippen LogP) is 3.36. The first-order chi connectivity index (χ1) is 12.5. The Kier molecular flexibility index (Phi) is 4.85. The van der Waals surface area contributed by atoms with E-state index in [1.807, 2.05) is 0 Å². The average Bonchev–Trinajstić information content (AvgIpc) is 2.65. The quantitative estimate of drug-likeness (QED) is 0.543. The van der Waals surface area contributed by atoms with E-state index in [9.17, 15) is 9.59 Å². The molecule has 0 unspecified atom stereocenters. The average molecular weight is 346 g/mol. The third-order valence-corrected chi connectivity index (χ3v) is 3.83. The smallest absolute Gasteiger partial charge is 0.255 e. The van der Waals surface area contributed by atoms with Crippen molar-refractivity contribution in [3.8, 4) is 0 Å². The van der Waals surface area contributed by atoms with E-state index >= 15 is 0 Å². The lowest BCUT2D eigenvalue weighted by molar-refractivity contribution is 0.101. The molecule has 0 bridgehead atoms. The maximum atomic E-state index is 12.3.